The first kappa shape index (κ1) is 24.3. The van der Waals surface area contributed by atoms with Crippen LogP contribution in [0.25, 0.3) is 11.5 Å². The second kappa shape index (κ2) is 8.62. The number of hydrogen-bond donors (Lipinski definition) is 3. The maximum atomic E-state index is 13.1. The average molecular weight is 544 g/mol. The third-order valence-electron chi connectivity index (χ3n) is 9.24. The molecule has 4 heterocycles. The first-order valence-electron chi connectivity index (χ1n) is 13.5. The number of carbonyl (C=O) groups is 1. The number of anilines is 2. The van der Waals surface area contributed by atoms with Gasteiger partial charge in [0.2, 0.25) is 10.0 Å². The summed E-state index contributed by atoms with van der Waals surface area (Å²) in [5, 5.41) is 22.2. The Morgan fingerprint density at radius 2 is 1.92 bits per heavy atom. The zero-order valence-electron chi connectivity index (χ0n) is 21.4. The van der Waals surface area contributed by atoms with E-state index in [1.807, 2.05) is 0 Å². The summed E-state index contributed by atoms with van der Waals surface area (Å²) in [7, 11) is -3.29. The van der Waals surface area contributed by atoms with Gasteiger partial charge in [-0.05, 0) is 56.3 Å². The Balaban J connectivity index is 1.15. The fourth-order valence-corrected chi connectivity index (χ4v) is 8.58. The normalized spacial score (nSPS) is 32.3. The van der Waals surface area contributed by atoms with Crippen molar-refractivity contribution in [2.75, 3.05) is 49.6 Å². The van der Waals surface area contributed by atoms with Crippen LogP contribution in [0, 0.1) is 17.8 Å². The monoisotopic (exact) mass is 543 g/mol. The summed E-state index contributed by atoms with van der Waals surface area (Å²) in [5.74, 6) is 2.10. The van der Waals surface area contributed by atoms with Crippen molar-refractivity contribution < 1.29 is 22.8 Å². The molecule has 1 unspecified atom stereocenters. The number of sulfonamides is 1. The summed E-state index contributed by atoms with van der Waals surface area (Å²) in [4.78, 5) is 23.7. The van der Waals surface area contributed by atoms with E-state index in [-0.39, 0.29) is 49.8 Å². The number of aliphatic hydroxyl groups is 1. The van der Waals surface area contributed by atoms with Crippen LogP contribution in [0.15, 0.2) is 10.7 Å². The Bertz CT molecular complexity index is 1370. The predicted molar refractivity (Wildman–Crippen MR) is 138 cm³/mol. The van der Waals surface area contributed by atoms with E-state index in [4.69, 9.17) is 4.52 Å². The highest BCUT2D eigenvalue weighted by Crippen LogP contribution is 2.56. The van der Waals surface area contributed by atoms with E-state index in [1.165, 1.54) is 10.6 Å². The number of pyridine rings is 1. The molecule has 4 bridgehead atoms. The first-order valence-corrected chi connectivity index (χ1v) is 15.3. The van der Waals surface area contributed by atoms with Crippen LogP contribution in [0.2, 0.25) is 0 Å². The number of amides is 1. The van der Waals surface area contributed by atoms with Gasteiger partial charge in [0.1, 0.15) is 5.82 Å². The predicted octanol–water partition coefficient (Wildman–Crippen LogP) is 1.17. The van der Waals surface area contributed by atoms with Gasteiger partial charge in [-0.15, -0.1) is 0 Å². The van der Waals surface area contributed by atoms with Gasteiger partial charge in [0.25, 0.3) is 17.6 Å². The van der Waals surface area contributed by atoms with Crippen molar-refractivity contribution in [3.8, 4) is 11.5 Å². The van der Waals surface area contributed by atoms with E-state index in [0.29, 0.717) is 23.3 Å². The van der Waals surface area contributed by atoms with Crippen LogP contribution in [0.3, 0.4) is 0 Å². The molecule has 0 radical (unpaired) electrons. The molecular formula is C25H33N7O5S. The molecular weight excluding hydrogens is 510 g/mol. The van der Waals surface area contributed by atoms with Crippen LogP contribution in [0.4, 0.5) is 11.5 Å². The zero-order valence-corrected chi connectivity index (χ0v) is 22.2. The average Bonchev–Trinajstić information content (AvgIpc) is 3.54. The first-order chi connectivity index (χ1) is 18.2. The fraction of sp³-hybridized carbons (Fsp3) is 0.680. The molecule has 12 nitrogen and oxygen atoms in total. The van der Waals surface area contributed by atoms with E-state index in [0.717, 1.165) is 62.1 Å². The number of nitrogens with one attached hydrogen (secondary N) is 2. The lowest BCUT2D eigenvalue weighted by Crippen LogP contribution is -2.59. The second-order valence-corrected chi connectivity index (χ2v) is 13.8. The molecule has 6 aliphatic rings. The van der Waals surface area contributed by atoms with Crippen LogP contribution in [0.1, 0.15) is 48.3 Å². The molecule has 3 N–H and O–H groups in total. The van der Waals surface area contributed by atoms with Crippen LogP contribution in [-0.2, 0) is 16.4 Å². The molecule has 2 aromatic rings. The number of nitrogens with zero attached hydrogens (tertiary/aromatic N) is 5. The molecule has 204 valence electrons. The summed E-state index contributed by atoms with van der Waals surface area (Å²) < 4.78 is 30.6. The number of piperazine rings is 1. The molecule has 5 atom stereocenters. The van der Waals surface area contributed by atoms with Gasteiger partial charge in [-0.3, -0.25) is 4.79 Å². The molecule has 2 aliphatic heterocycles. The molecule has 1 amide bonds. The molecule has 0 aromatic carbocycles. The van der Waals surface area contributed by atoms with E-state index < -0.39 is 15.6 Å². The van der Waals surface area contributed by atoms with E-state index >= 15 is 0 Å². The highest BCUT2D eigenvalue weighted by Gasteiger charge is 2.55. The molecule has 8 rings (SSSR count). The minimum absolute atomic E-state index is 0.0470. The second-order valence-electron chi connectivity index (χ2n) is 11.8. The molecule has 4 aliphatic carbocycles. The number of rotatable bonds is 5. The van der Waals surface area contributed by atoms with E-state index in [9.17, 15) is 18.3 Å². The molecule has 38 heavy (non-hydrogen) atoms. The Kier molecular flexibility index (Phi) is 5.51. The van der Waals surface area contributed by atoms with E-state index in [1.54, 1.807) is 11.1 Å². The number of hydrogen-bond acceptors (Lipinski definition) is 10. The van der Waals surface area contributed by atoms with Crippen molar-refractivity contribution in [1.29, 1.82) is 0 Å². The van der Waals surface area contributed by atoms with Crippen molar-refractivity contribution >= 4 is 27.4 Å². The number of aromatic nitrogens is 3. The van der Waals surface area contributed by atoms with Crippen molar-refractivity contribution in [1.82, 2.24) is 24.3 Å². The van der Waals surface area contributed by atoms with Crippen LogP contribution < -0.4 is 10.6 Å². The highest BCUT2D eigenvalue weighted by molar-refractivity contribution is 7.88. The van der Waals surface area contributed by atoms with Gasteiger partial charge < -0.3 is 25.2 Å². The lowest BCUT2D eigenvalue weighted by atomic mass is 9.52. The lowest BCUT2D eigenvalue weighted by molar-refractivity contribution is -0.129. The van der Waals surface area contributed by atoms with E-state index in [2.05, 4.69) is 25.8 Å². The lowest BCUT2D eigenvalue weighted by Gasteiger charge is -2.58. The van der Waals surface area contributed by atoms with Crippen LogP contribution >= 0.6 is 0 Å². The fourth-order valence-electron chi connectivity index (χ4n) is 7.75. The highest BCUT2D eigenvalue weighted by atomic mass is 32.2. The Morgan fingerprint density at radius 1 is 1.18 bits per heavy atom. The quantitative estimate of drug-likeness (QED) is 0.501. The van der Waals surface area contributed by atoms with Crippen molar-refractivity contribution in [2.45, 2.75) is 50.2 Å². The maximum absolute atomic E-state index is 13.1. The molecule has 2 aromatic heterocycles. The van der Waals surface area contributed by atoms with Gasteiger partial charge in [0, 0.05) is 50.5 Å². The molecule has 5 fully saturated rings. The summed E-state index contributed by atoms with van der Waals surface area (Å²) in [6, 6.07) is 0.257. The Labute approximate surface area is 221 Å². The Hall–Kier alpha value is -2.77. The topological polar surface area (TPSA) is 154 Å². The van der Waals surface area contributed by atoms with Gasteiger partial charge in [-0.2, -0.15) is 9.29 Å². The molecule has 4 saturated carbocycles. The van der Waals surface area contributed by atoms with Crippen molar-refractivity contribution in [3.05, 3.63) is 17.6 Å². The third kappa shape index (κ3) is 4.06. The SMILES string of the molecule is CS(=O)(=O)N1CCN(C(=O)c2noc(-c3cnc4c(c3N[C@H]3[C@@H]5CC6C[C@H]3C[C@@](O)(C6)C5)CCN4)n2)CC1. The summed E-state index contributed by atoms with van der Waals surface area (Å²) >= 11 is 0. The summed E-state index contributed by atoms with van der Waals surface area (Å²) in [6.45, 7) is 1.82. The minimum Gasteiger partial charge on any atom is -0.390 e. The molecule has 13 heteroatoms. The molecule has 0 spiro atoms. The van der Waals surface area contributed by atoms with Gasteiger partial charge in [-0.25, -0.2) is 13.4 Å². The van der Waals surface area contributed by atoms with Crippen molar-refractivity contribution in [3.63, 3.8) is 0 Å². The van der Waals surface area contributed by atoms with Crippen molar-refractivity contribution in [2.24, 2.45) is 17.8 Å². The van der Waals surface area contributed by atoms with Crippen LogP contribution in [0.5, 0.6) is 0 Å². The zero-order chi connectivity index (χ0) is 26.2. The van der Waals surface area contributed by atoms with Gasteiger partial charge in [-0.1, -0.05) is 5.16 Å². The smallest absolute Gasteiger partial charge is 0.295 e. The summed E-state index contributed by atoms with van der Waals surface area (Å²) in [5.41, 5.74) is 2.17. The largest absolute Gasteiger partial charge is 0.390 e. The minimum atomic E-state index is -3.29. The number of fused-ring (bicyclic) bond motifs is 1. The molecule has 1 saturated heterocycles. The van der Waals surface area contributed by atoms with Gasteiger partial charge in [0.05, 0.1) is 23.1 Å². The number of carbonyl (C=O) groups excluding carboxylic acids is 1. The standard InChI is InChI=1S/C25H33N7O5S/c1-38(35,36)32-6-4-31(5-7-32)24(33)22-29-23(37-30-22)18-13-27-21-17(2-3-26-21)20(18)28-19-15-8-14-9-16(19)12-25(34,10-14)11-15/h13-16,19,34H,2-12H2,1H3,(H2,26,27,28)/t14?,15-,16+,19+,25-. The Morgan fingerprint density at radius 3 is 2.61 bits per heavy atom. The summed E-state index contributed by atoms with van der Waals surface area (Å²) in [6.07, 6.45) is 8.61. The van der Waals surface area contributed by atoms with Crippen LogP contribution in [-0.4, -0.2) is 94.4 Å². The third-order valence-corrected chi connectivity index (χ3v) is 10.5. The maximum Gasteiger partial charge on any atom is 0.295 e. The van der Waals surface area contributed by atoms with Gasteiger partial charge in [0.15, 0.2) is 0 Å². The van der Waals surface area contributed by atoms with Gasteiger partial charge >= 0.3 is 0 Å².